The van der Waals surface area contributed by atoms with E-state index in [0.717, 1.165) is 12.1 Å². The van der Waals surface area contributed by atoms with Gasteiger partial charge in [0.1, 0.15) is 6.61 Å². The van der Waals surface area contributed by atoms with Gasteiger partial charge in [-0.25, -0.2) is 4.79 Å². The average Bonchev–Trinajstić information content (AvgIpc) is 2.66. The highest BCUT2D eigenvalue weighted by Crippen LogP contribution is 2.30. The Bertz CT molecular complexity index is 744. The summed E-state index contributed by atoms with van der Waals surface area (Å²) in [6.07, 6.45) is -2.71. The molecule has 0 spiro atoms. The van der Waals surface area contributed by atoms with E-state index in [2.05, 4.69) is 0 Å². The maximum absolute atomic E-state index is 12.9. The van der Waals surface area contributed by atoms with E-state index in [4.69, 9.17) is 18.9 Å². The Hall–Kier alpha value is -2.55. The number of rotatable bonds is 7. The van der Waals surface area contributed by atoms with Crippen molar-refractivity contribution in [1.29, 1.82) is 0 Å². The first-order chi connectivity index (χ1) is 13.7. The summed E-state index contributed by atoms with van der Waals surface area (Å²) in [5.41, 5.74) is -0.708. The van der Waals surface area contributed by atoms with Crippen LogP contribution in [0.15, 0.2) is 30.0 Å². The van der Waals surface area contributed by atoms with E-state index >= 15 is 0 Å². The van der Waals surface area contributed by atoms with Crippen LogP contribution in [-0.2, 0) is 34.7 Å². The molecule has 0 aromatic heterocycles. The van der Waals surface area contributed by atoms with Crippen LogP contribution >= 0.6 is 0 Å². The number of carbonyl (C=O) groups is 2. The molecule has 0 N–H and O–H groups in total. The van der Waals surface area contributed by atoms with Gasteiger partial charge in [0.05, 0.1) is 18.3 Å². The van der Waals surface area contributed by atoms with Crippen molar-refractivity contribution in [2.75, 3.05) is 13.2 Å². The zero-order chi connectivity index (χ0) is 21.4. The highest BCUT2D eigenvalue weighted by Gasteiger charge is 2.31. The molecule has 1 aromatic rings. The lowest BCUT2D eigenvalue weighted by Gasteiger charge is -2.30. The van der Waals surface area contributed by atoms with Gasteiger partial charge >= 0.3 is 18.1 Å². The third kappa shape index (κ3) is 7.41. The second-order valence-electron chi connectivity index (χ2n) is 6.39. The molecule has 0 bridgehead atoms. The molecule has 1 saturated heterocycles. The van der Waals surface area contributed by atoms with Gasteiger partial charge in [-0.1, -0.05) is 12.1 Å². The van der Waals surface area contributed by atoms with E-state index in [1.54, 1.807) is 6.92 Å². The molecule has 1 aliphatic heterocycles. The smallest absolute Gasteiger partial charge is 0.416 e. The summed E-state index contributed by atoms with van der Waals surface area (Å²) in [6, 6.07) is 4.51. The van der Waals surface area contributed by atoms with Crippen LogP contribution < -0.4 is 0 Å². The average molecular weight is 416 g/mol. The van der Waals surface area contributed by atoms with Crippen molar-refractivity contribution in [3.05, 3.63) is 41.2 Å². The fourth-order valence-corrected chi connectivity index (χ4v) is 2.72. The van der Waals surface area contributed by atoms with E-state index < -0.39 is 36.1 Å². The highest BCUT2D eigenvalue weighted by molar-refractivity contribution is 5.91. The number of alkyl halides is 3. The molecule has 1 fully saturated rings. The summed E-state index contributed by atoms with van der Waals surface area (Å²) in [6.45, 7) is 3.02. The van der Waals surface area contributed by atoms with Crippen LogP contribution in [0.4, 0.5) is 13.2 Å². The van der Waals surface area contributed by atoms with Gasteiger partial charge in [0.25, 0.3) is 0 Å². The first-order valence-corrected chi connectivity index (χ1v) is 9.20. The van der Waals surface area contributed by atoms with Gasteiger partial charge in [-0.3, -0.25) is 4.79 Å². The number of esters is 2. The number of hydrogen-bond acceptors (Lipinski definition) is 6. The van der Waals surface area contributed by atoms with E-state index in [1.807, 2.05) is 0 Å². The third-order valence-corrected chi connectivity index (χ3v) is 4.03. The van der Waals surface area contributed by atoms with Crippen molar-refractivity contribution in [2.45, 2.75) is 51.7 Å². The lowest BCUT2D eigenvalue weighted by Crippen LogP contribution is -2.34. The van der Waals surface area contributed by atoms with Crippen molar-refractivity contribution in [3.8, 4) is 0 Å². The highest BCUT2D eigenvalue weighted by atomic mass is 19.4. The quantitative estimate of drug-likeness (QED) is 0.379. The Balaban J connectivity index is 2.17. The normalized spacial score (nSPS) is 20.1. The van der Waals surface area contributed by atoms with Gasteiger partial charge in [-0.05, 0) is 43.5 Å². The summed E-state index contributed by atoms with van der Waals surface area (Å²) < 4.78 is 60.0. The molecule has 1 aromatic carbocycles. The second kappa shape index (κ2) is 10.3. The molecule has 1 aliphatic rings. The molecule has 0 radical (unpaired) electrons. The molecule has 29 heavy (non-hydrogen) atoms. The second-order valence-corrected chi connectivity index (χ2v) is 6.39. The SMILES string of the molecule is CCOC(=O)/C(=C/c1cccc(C(F)(F)F)c1)O[C@@H]1CCC[C@@H](COC(C)=O)O1. The summed E-state index contributed by atoms with van der Waals surface area (Å²) in [5, 5.41) is 0. The van der Waals surface area contributed by atoms with Gasteiger partial charge in [-0.15, -0.1) is 0 Å². The fraction of sp³-hybridized carbons (Fsp3) is 0.500. The van der Waals surface area contributed by atoms with E-state index in [0.29, 0.717) is 19.3 Å². The van der Waals surface area contributed by atoms with E-state index in [-0.39, 0.29) is 24.5 Å². The van der Waals surface area contributed by atoms with Crippen LogP contribution in [0.2, 0.25) is 0 Å². The molecule has 160 valence electrons. The lowest BCUT2D eigenvalue weighted by atomic mass is 10.1. The molecule has 0 amide bonds. The maximum atomic E-state index is 12.9. The Labute approximate surface area is 166 Å². The number of halogens is 3. The number of benzene rings is 1. The predicted molar refractivity (Wildman–Crippen MR) is 96.3 cm³/mol. The lowest BCUT2D eigenvalue weighted by molar-refractivity contribution is -0.194. The molecule has 1 heterocycles. The van der Waals surface area contributed by atoms with Crippen LogP contribution in [-0.4, -0.2) is 37.5 Å². The summed E-state index contributed by atoms with van der Waals surface area (Å²) in [7, 11) is 0. The standard InChI is InChI=1S/C20H23F3O6/c1-3-26-19(25)17(11-14-6-4-7-15(10-14)20(21,22)23)29-18-9-5-8-16(28-18)12-27-13(2)24/h4,6-7,10-11,16,18H,3,5,8-9,12H2,1-2H3/b17-11-/t16-,18+/m0/s1. The minimum absolute atomic E-state index is 0.0568. The number of carbonyl (C=O) groups excluding carboxylic acids is 2. The van der Waals surface area contributed by atoms with Crippen molar-refractivity contribution < 1.29 is 41.7 Å². The van der Waals surface area contributed by atoms with Gasteiger partial charge in [-0.2, -0.15) is 13.2 Å². The first kappa shape index (κ1) is 22.7. The molecule has 2 rings (SSSR count). The molecule has 9 heteroatoms. The molecule has 6 nitrogen and oxygen atoms in total. The Morgan fingerprint density at radius 3 is 2.66 bits per heavy atom. The van der Waals surface area contributed by atoms with Crippen LogP contribution in [0.25, 0.3) is 6.08 Å². The largest absolute Gasteiger partial charge is 0.463 e. The summed E-state index contributed by atoms with van der Waals surface area (Å²) >= 11 is 0. The van der Waals surface area contributed by atoms with E-state index in [1.165, 1.54) is 25.1 Å². The van der Waals surface area contributed by atoms with Crippen molar-refractivity contribution >= 4 is 18.0 Å². The fourth-order valence-electron chi connectivity index (χ4n) is 2.72. The number of ether oxygens (including phenoxy) is 4. The van der Waals surface area contributed by atoms with Gasteiger partial charge in [0.15, 0.2) is 0 Å². The molecular formula is C20H23F3O6. The molecule has 2 atom stereocenters. The zero-order valence-electron chi connectivity index (χ0n) is 16.2. The van der Waals surface area contributed by atoms with Crippen LogP contribution in [0.5, 0.6) is 0 Å². The Morgan fingerprint density at radius 1 is 1.24 bits per heavy atom. The molecular weight excluding hydrogens is 393 g/mol. The molecule has 0 saturated carbocycles. The van der Waals surface area contributed by atoms with Crippen molar-refractivity contribution in [3.63, 3.8) is 0 Å². The van der Waals surface area contributed by atoms with Crippen LogP contribution in [0.3, 0.4) is 0 Å². The van der Waals surface area contributed by atoms with Crippen molar-refractivity contribution in [2.24, 2.45) is 0 Å². The Kier molecular flexibility index (Phi) is 8.07. The zero-order valence-corrected chi connectivity index (χ0v) is 16.2. The molecule has 0 unspecified atom stereocenters. The minimum atomic E-state index is -4.51. The number of hydrogen-bond donors (Lipinski definition) is 0. The van der Waals surface area contributed by atoms with E-state index in [9.17, 15) is 22.8 Å². The summed E-state index contributed by atoms with van der Waals surface area (Å²) in [4.78, 5) is 23.2. The monoisotopic (exact) mass is 416 g/mol. The van der Waals surface area contributed by atoms with Gasteiger partial charge in [0, 0.05) is 13.3 Å². The minimum Gasteiger partial charge on any atom is -0.463 e. The third-order valence-electron chi connectivity index (χ3n) is 4.03. The predicted octanol–water partition coefficient (Wildman–Crippen LogP) is 4.08. The van der Waals surface area contributed by atoms with Crippen LogP contribution in [0, 0.1) is 0 Å². The molecule has 0 aliphatic carbocycles. The van der Waals surface area contributed by atoms with Gasteiger partial charge < -0.3 is 18.9 Å². The maximum Gasteiger partial charge on any atom is 0.416 e. The van der Waals surface area contributed by atoms with Crippen molar-refractivity contribution in [1.82, 2.24) is 0 Å². The Morgan fingerprint density at radius 2 is 2.00 bits per heavy atom. The first-order valence-electron chi connectivity index (χ1n) is 9.20. The van der Waals surface area contributed by atoms with Crippen LogP contribution in [0.1, 0.15) is 44.2 Å². The topological polar surface area (TPSA) is 71.1 Å². The summed E-state index contributed by atoms with van der Waals surface area (Å²) in [5.74, 6) is -1.51. The van der Waals surface area contributed by atoms with Gasteiger partial charge in [0.2, 0.25) is 12.0 Å².